The van der Waals surface area contributed by atoms with Gasteiger partial charge in [0.1, 0.15) is 5.75 Å². The molecule has 0 heterocycles. The maximum absolute atomic E-state index is 12.5. The van der Waals surface area contributed by atoms with Crippen LogP contribution < -0.4 is 4.74 Å². The summed E-state index contributed by atoms with van der Waals surface area (Å²) < 4.78 is 42.9. The molecule has 2 nitrogen and oxygen atoms in total. The molecule has 0 bridgehead atoms. The van der Waals surface area contributed by atoms with Gasteiger partial charge in [-0.25, -0.2) is 0 Å². The molecule has 0 aromatic heterocycles. The highest BCUT2D eigenvalue weighted by atomic mass is 19.4. The highest BCUT2D eigenvalue weighted by molar-refractivity contribution is 5.75. The van der Waals surface area contributed by atoms with E-state index in [0.717, 1.165) is 37.8 Å². The Labute approximate surface area is 147 Å². The first-order valence-electron chi connectivity index (χ1n) is 9.29. The third kappa shape index (κ3) is 6.37. The normalized spacial score (nSPS) is 21.1. The second-order valence-corrected chi connectivity index (χ2v) is 7.01. The van der Waals surface area contributed by atoms with Crippen LogP contribution in [0.5, 0.6) is 5.75 Å². The van der Waals surface area contributed by atoms with Crippen molar-refractivity contribution < 1.29 is 22.7 Å². The fourth-order valence-corrected chi connectivity index (χ4v) is 3.46. The Bertz CT molecular complexity index is 529. The summed E-state index contributed by atoms with van der Waals surface area (Å²) >= 11 is 0. The minimum absolute atomic E-state index is 0.130. The van der Waals surface area contributed by atoms with Crippen LogP contribution in [0.25, 0.3) is 0 Å². The van der Waals surface area contributed by atoms with Crippen LogP contribution in [-0.4, -0.2) is 5.97 Å². The predicted octanol–water partition coefficient (Wildman–Crippen LogP) is 6.39. The van der Waals surface area contributed by atoms with Crippen LogP contribution in [0, 0.1) is 11.8 Å². The van der Waals surface area contributed by atoms with E-state index < -0.39 is 11.7 Å². The molecule has 0 radical (unpaired) electrons. The van der Waals surface area contributed by atoms with Gasteiger partial charge in [0.05, 0.1) is 11.5 Å². The lowest BCUT2D eigenvalue weighted by Gasteiger charge is -2.27. The number of alkyl halides is 3. The molecule has 0 atom stereocenters. The molecule has 0 unspecified atom stereocenters. The molecule has 5 heteroatoms. The van der Waals surface area contributed by atoms with Crippen LogP contribution in [-0.2, 0) is 11.0 Å². The Morgan fingerprint density at radius 1 is 1.04 bits per heavy atom. The van der Waals surface area contributed by atoms with Crippen LogP contribution in [0.1, 0.15) is 70.3 Å². The minimum Gasteiger partial charge on any atom is -0.426 e. The molecule has 0 N–H and O–H groups in total. The first-order valence-corrected chi connectivity index (χ1v) is 9.29. The summed E-state index contributed by atoms with van der Waals surface area (Å²) in [6.45, 7) is 2.20. The molecular formula is C20H27F3O2. The highest BCUT2D eigenvalue weighted by Gasteiger charge is 2.31. The van der Waals surface area contributed by atoms with Gasteiger partial charge >= 0.3 is 12.1 Å². The van der Waals surface area contributed by atoms with Crippen molar-refractivity contribution in [3.8, 4) is 5.75 Å². The smallest absolute Gasteiger partial charge is 0.416 e. The van der Waals surface area contributed by atoms with Gasteiger partial charge in [-0.1, -0.05) is 39.0 Å². The monoisotopic (exact) mass is 356 g/mol. The average molecular weight is 356 g/mol. The van der Waals surface area contributed by atoms with Crippen molar-refractivity contribution in [3.63, 3.8) is 0 Å². The molecule has 1 aromatic rings. The molecule has 25 heavy (non-hydrogen) atoms. The number of carbonyl (C=O) groups excluding carboxylic acids is 1. The standard InChI is InChI=1S/C20H27F3O2/c1-2-3-4-5-6-15-7-9-16(10-8-15)19(24)25-18-13-11-17(12-14-18)20(21,22)23/h11-16H,2-10H2,1H3. The van der Waals surface area contributed by atoms with E-state index in [0.29, 0.717) is 5.92 Å². The van der Waals surface area contributed by atoms with E-state index >= 15 is 0 Å². The largest absolute Gasteiger partial charge is 0.426 e. The lowest BCUT2D eigenvalue weighted by atomic mass is 9.80. The third-order valence-corrected chi connectivity index (χ3v) is 5.05. The van der Waals surface area contributed by atoms with Gasteiger partial charge in [0.25, 0.3) is 0 Å². The predicted molar refractivity (Wildman–Crippen MR) is 91.3 cm³/mol. The van der Waals surface area contributed by atoms with Crippen LogP contribution in [0.2, 0.25) is 0 Å². The second-order valence-electron chi connectivity index (χ2n) is 7.01. The quantitative estimate of drug-likeness (QED) is 0.321. The summed E-state index contributed by atoms with van der Waals surface area (Å²) in [5.41, 5.74) is -0.740. The summed E-state index contributed by atoms with van der Waals surface area (Å²) in [6.07, 6.45) is 5.65. The fourth-order valence-electron chi connectivity index (χ4n) is 3.46. The van der Waals surface area contributed by atoms with Gasteiger partial charge < -0.3 is 4.74 Å². The number of esters is 1. The van der Waals surface area contributed by atoms with Gasteiger partial charge in [-0.15, -0.1) is 0 Å². The van der Waals surface area contributed by atoms with Crippen molar-refractivity contribution in [2.45, 2.75) is 70.9 Å². The highest BCUT2D eigenvalue weighted by Crippen LogP contribution is 2.34. The number of carbonyl (C=O) groups is 1. The summed E-state index contributed by atoms with van der Waals surface area (Å²) in [5.74, 6) is 0.435. The number of unbranched alkanes of at least 4 members (excludes halogenated alkanes) is 3. The van der Waals surface area contributed by atoms with Gasteiger partial charge in [0.2, 0.25) is 0 Å². The molecule has 140 valence electrons. The molecule has 0 amide bonds. The first kappa shape index (κ1) is 19.8. The van der Waals surface area contributed by atoms with Gasteiger partial charge in [0, 0.05) is 0 Å². The Kier molecular flexibility index (Phi) is 7.33. The maximum Gasteiger partial charge on any atom is 0.416 e. The van der Waals surface area contributed by atoms with Crippen LogP contribution in [0.15, 0.2) is 24.3 Å². The Morgan fingerprint density at radius 2 is 1.68 bits per heavy atom. The first-order chi connectivity index (χ1) is 11.9. The molecule has 0 spiro atoms. The molecule has 1 aromatic carbocycles. The summed E-state index contributed by atoms with van der Waals surface area (Å²) in [7, 11) is 0. The minimum atomic E-state index is -4.38. The fraction of sp³-hybridized carbons (Fsp3) is 0.650. The van der Waals surface area contributed by atoms with Crippen LogP contribution in [0.3, 0.4) is 0 Å². The van der Waals surface area contributed by atoms with Gasteiger partial charge in [-0.05, 0) is 55.9 Å². The zero-order valence-electron chi connectivity index (χ0n) is 14.8. The van der Waals surface area contributed by atoms with E-state index in [1.54, 1.807) is 0 Å². The van der Waals surface area contributed by atoms with Crippen molar-refractivity contribution >= 4 is 5.97 Å². The number of rotatable bonds is 7. The number of ether oxygens (including phenoxy) is 1. The zero-order valence-corrected chi connectivity index (χ0v) is 14.8. The molecule has 1 aliphatic carbocycles. The van der Waals surface area contributed by atoms with E-state index in [4.69, 9.17) is 4.74 Å². The maximum atomic E-state index is 12.5. The summed E-state index contributed by atoms with van der Waals surface area (Å²) in [6, 6.07) is 4.30. The van der Waals surface area contributed by atoms with E-state index in [9.17, 15) is 18.0 Å². The van der Waals surface area contributed by atoms with Crippen molar-refractivity contribution in [1.82, 2.24) is 0 Å². The SMILES string of the molecule is CCCCCCC1CCC(C(=O)Oc2ccc(C(F)(F)F)cc2)CC1. The van der Waals surface area contributed by atoms with Gasteiger partial charge in [-0.3, -0.25) is 4.79 Å². The molecule has 1 saturated carbocycles. The number of halogens is 3. The third-order valence-electron chi connectivity index (χ3n) is 5.05. The van der Waals surface area contributed by atoms with Crippen LogP contribution >= 0.6 is 0 Å². The second kappa shape index (κ2) is 9.25. The van der Waals surface area contributed by atoms with Gasteiger partial charge in [-0.2, -0.15) is 13.2 Å². The average Bonchev–Trinajstić information content (AvgIpc) is 2.59. The van der Waals surface area contributed by atoms with E-state index in [-0.39, 0.29) is 17.6 Å². The van der Waals surface area contributed by atoms with E-state index in [1.807, 2.05) is 0 Å². The lowest BCUT2D eigenvalue weighted by molar-refractivity contribution is -0.140. The van der Waals surface area contributed by atoms with Crippen LogP contribution in [0.4, 0.5) is 13.2 Å². The zero-order chi connectivity index (χ0) is 18.3. The molecule has 0 saturated heterocycles. The Balaban J connectivity index is 1.75. The molecule has 1 aliphatic rings. The molecule has 0 aliphatic heterocycles. The number of hydrogen-bond acceptors (Lipinski definition) is 2. The molecule has 2 rings (SSSR count). The topological polar surface area (TPSA) is 26.3 Å². The number of benzene rings is 1. The van der Waals surface area contributed by atoms with Crippen molar-refractivity contribution in [3.05, 3.63) is 29.8 Å². The van der Waals surface area contributed by atoms with E-state index in [2.05, 4.69) is 6.92 Å². The van der Waals surface area contributed by atoms with E-state index in [1.165, 1.54) is 44.2 Å². The number of hydrogen-bond donors (Lipinski definition) is 0. The summed E-state index contributed by atoms with van der Waals surface area (Å²) in [4.78, 5) is 12.2. The van der Waals surface area contributed by atoms with Gasteiger partial charge in [0.15, 0.2) is 0 Å². The van der Waals surface area contributed by atoms with Crippen molar-refractivity contribution in [1.29, 1.82) is 0 Å². The Morgan fingerprint density at radius 3 is 2.24 bits per heavy atom. The lowest BCUT2D eigenvalue weighted by Crippen LogP contribution is -2.25. The molecular weight excluding hydrogens is 329 g/mol. The Hall–Kier alpha value is -1.52. The van der Waals surface area contributed by atoms with Crippen molar-refractivity contribution in [2.75, 3.05) is 0 Å². The summed E-state index contributed by atoms with van der Waals surface area (Å²) in [5, 5.41) is 0. The van der Waals surface area contributed by atoms with Crippen molar-refractivity contribution in [2.24, 2.45) is 11.8 Å². The molecule has 1 fully saturated rings.